The SMILES string of the molecule is C=C1C(NC(/C=N\C)=C/NCCOC)=CC=CN1/C(C#Cc1cc(CNc2ccc(CN3CCC(N(C)C)C3)c(C(F)(F)F)c2)ccc1C)=C\C. The van der Waals surface area contributed by atoms with E-state index in [2.05, 4.69) is 49.2 Å². The third-order valence-corrected chi connectivity index (χ3v) is 8.80. The second kappa shape index (κ2) is 18.5. The van der Waals surface area contributed by atoms with Crippen LogP contribution in [0.2, 0.25) is 0 Å². The molecule has 2 aromatic rings. The van der Waals surface area contributed by atoms with Crippen molar-refractivity contribution in [2.45, 2.75) is 45.6 Å². The predicted molar refractivity (Wildman–Crippen MR) is 202 cm³/mol. The van der Waals surface area contributed by atoms with E-state index in [1.807, 2.05) is 81.7 Å². The van der Waals surface area contributed by atoms with Crippen molar-refractivity contribution >= 4 is 11.9 Å². The lowest BCUT2D eigenvalue weighted by molar-refractivity contribution is -0.138. The normalized spacial score (nSPS) is 17.2. The van der Waals surface area contributed by atoms with Gasteiger partial charge in [-0.3, -0.25) is 9.89 Å². The number of anilines is 1. The average Bonchev–Trinajstić information content (AvgIpc) is 3.57. The average molecular weight is 702 g/mol. The van der Waals surface area contributed by atoms with Gasteiger partial charge >= 0.3 is 6.18 Å². The highest BCUT2D eigenvalue weighted by atomic mass is 19.4. The lowest BCUT2D eigenvalue weighted by atomic mass is 10.0. The van der Waals surface area contributed by atoms with Crippen molar-refractivity contribution in [1.29, 1.82) is 0 Å². The Labute approximate surface area is 301 Å². The Kier molecular flexibility index (Phi) is 14.1. The van der Waals surface area contributed by atoms with E-state index < -0.39 is 11.7 Å². The van der Waals surface area contributed by atoms with Crippen LogP contribution in [0.4, 0.5) is 18.9 Å². The molecule has 0 radical (unpaired) electrons. The van der Waals surface area contributed by atoms with E-state index in [9.17, 15) is 13.2 Å². The Morgan fingerprint density at radius 2 is 2.00 bits per heavy atom. The number of methoxy groups -OCH3 is 1. The Morgan fingerprint density at radius 1 is 1.20 bits per heavy atom. The van der Waals surface area contributed by atoms with Gasteiger partial charge in [0, 0.05) is 82.8 Å². The van der Waals surface area contributed by atoms with Crippen LogP contribution in [0.5, 0.6) is 0 Å². The summed E-state index contributed by atoms with van der Waals surface area (Å²) in [7, 11) is 7.39. The predicted octanol–water partition coefficient (Wildman–Crippen LogP) is 6.61. The maximum Gasteiger partial charge on any atom is 0.416 e. The van der Waals surface area contributed by atoms with Crippen LogP contribution in [0.25, 0.3) is 0 Å². The lowest BCUT2D eigenvalue weighted by Gasteiger charge is -2.27. The first kappa shape index (κ1) is 39.0. The molecule has 2 heterocycles. The van der Waals surface area contributed by atoms with E-state index >= 15 is 0 Å². The van der Waals surface area contributed by atoms with Crippen molar-refractivity contribution in [3.8, 4) is 11.8 Å². The first-order valence-corrected chi connectivity index (χ1v) is 17.0. The number of likely N-dealkylation sites (N-methyl/N-ethyl adjacent to an activating group) is 1. The number of benzene rings is 2. The molecule has 4 rings (SSSR count). The van der Waals surface area contributed by atoms with Gasteiger partial charge in [0.25, 0.3) is 0 Å². The zero-order valence-electron chi connectivity index (χ0n) is 30.5. The minimum Gasteiger partial charge on any atom is -0.387 e. The van der Waals surface area contributed by atoms with E-state index in [0.29, 0.717) is 42.7 Å². The van der Waals surface area contributed by atoms with Crippen LogP contribution in [-0.2, 0) is 24.0 Å². The van der Waals surface area contributed by atoms with Gasteiger partial charge in [-0.25, -0.2) is 0 Å². The standard InChI is InChI=1S/C40H50F3N7O/c1-8-36(50-19-9-10-39(30(50)3)47-35(25-44-4)26-45-18-21-51-7)16-14-32-22-31(12-11-29(32)2)24-46-34-15-13-33(38(23-34)40(41,42)43)27-49-20-17-37(28-49)48(5)6/h8-13,15,19,22-23,25-26,37,45-47H,3,17-18,20-21,24,27-28H2,1-2,4-7H3/b35-26+,36-8-,44-25-. The second-order valence-electron chi connectivity index (χ2n) is 12.7. The molecule has 0 saturated carbocycles. The number of likely N-dealkylation sites (tertiary alicyclic amines) is 1. The second-order valence-corrected chi connectivity index (χ2v) is 12.7. The molecule has 3 N–H and O–H groups in total. The summed E-state index contributed by atoms with van der Waals surface area (Å²) in [6, 6.07) is 10.8. The molecule has 0 amide bonds. The van der Waals surface area contributed by atoms with Gasteiger partial charge in [0.2, 0.25) is 0 Å². The maximum absolute atomic E-state index is 14.2. The molecular formula is C40H50F3N7O. The number of aliphatic imine (C=N–C) groups is 1. The number of nitrogens with zero attached hydrogens (tertiary/aromatic N) is 4. The highest BCUT2D eigenvalue weighted by Gasteiger charge is 2.35. The molecule has 1 saturated heterocycles. The number of rotatable bonds is 14. The number of hydrogen-bond donors (Lipinski definition) is 3. The van der Waals surface area contributed by atoms with Gasteiger partial charge in [0.1, 0.15) is 0 Å². The van der Waals surface area contributed by atoms with Crippen molar-refractivity contribution in [2.75, 3.05) is 59.8 Å². The molecule has 51 heavy (non-hydrogen) atoms. The van der Waals surface area contributed by atoms with Crippen LogP contribution in [0.15, 0.2) is 101 Å². The zero-order chi connectivity index (χ0) is 37.0. The first-order valence-electron chi connectivity index (χ1n) is 17.0. The van der Waals surface area contributed by atoms with Crippen molar-refractivity contribution in [3.63, 3.8) is 0 Å². The van der Waals surface area contributed by atoms with Crippen molar-refractivity contribution in [3.05, 3.63) is 124 Å². The number of ether oxygens (including phenoxy) is 1. The van der Waals surface area contributed by atoms with Crippen molar-refractivity contribution in [2.24, 2.45) is 4.99 Å². The number of halogens is 3. The molecular weight excluding hydrogens is 651 g/mol. The molecule has 8 nitrogen and oxygen atoms in total. The van der Waals surface area contributed by atoms with Crippen LogP contribution in [-0.4, -0.2) is 81.5 Å². The lowest BCUT2D eigenvalue weighted by Crippen LogP contribution is -2.31. The van der Waals surface area contributed by atoms with Crippen LogP contribution >= 0.6 is 0 Å². The summed E-state index contributed by atoms with van der Waals surface area (Å²) in [5, 5.41) is 9.77. The van der Waals surface area contributed by atoms with Gasteiger partial charge in [-0.05, 0) is 87.3 Å². The molecule has 2 aliphatic heterocycles. The molecule has 11 heteroatoms. The summed E-state index contributed by atoms with van der Waals surface area (Å²) in [6.07, 6.45) is 7.75. The maximum atomic E-state index is 14.2. The molecule has 2 aromatic carbocycles. The number of nitrogens with one attached hydrogen (secondary N) is 3. The largest absolute Gasteiger partial charge is 0.416 e. The molecule has 0 spiro atoms. The minimum absolute atomic E-state index is 0.279. The highest BCUT2D eigenvalue weighted by molar-refractivity contribution is 5.78. The van der Waals surface area contributed by atoms with Gasteiger partial charge in [0.05, 0.1) is 35.0 Å². The van der Waals surface area contributed by atoms with Gasteiger partial charge < -0.3 is 30.5 Å². The molecule has 0 bridgehead atoms. The zero-order valence-corrected chi connectivity index (χ0v) is 30.5. The number of alkyl halides is 3. The number of hydrogen-bond acceptors (Lipinski definition) is 8. The molecule has 0 aliphatic carbocycles. The van der Waals surface area contributed by atoms with Gasteiger partial charge in [-0.15, -0.1) is 0 Å². The first-order chi connectivity index (χ1) is 24.4. The molecule has 1 unspecified atom stereocenters. The highest BCUT2D eigenvalue weighted by Crippen LogP contribution is 2.35. The monoisotopic (exact) mass is 701 g/mol. The third kappa shape index (κ3) is 11.1. The fraction of sp³-hybridized carbons (Fsp3) is 0.375. The summed E-state index contributed by atoms with van der Waals surface area (Å²) in [6.45, 7) is 11.6. The van der Waals surface area contributed by atoms with Crippen LogP contribution in [0.3, 0.4) is 0 Å². The van der Waals surface area contributed by atoms with E-state index in [-0.39, 0.29) is 6.54 Å². The van der Waals surface area contributed by atoms with Crippen LogP contribution in [0, 0.1) is 18.8 Å². The van der Waals surface area contributed by atoms with Gasteiger partial charge in [-0.1, -0.05) is 36.8 Å². The van der Waals surface area contributed by atoms with E-state index in [4.69, 9.17) is 4.74 Å². The fourth-order valence-electron chi connectivity index (χ4n) is 5.85. The Hall–Kier alpha value is -4.76. The topological polar surface area (TPSA) is 67.4 Å². The number of allylic oxidation sites excluding steroid dienone is 5. The summed E-state index contributed by atoms with van der Waals surface area (Å²) < 4.78 is 47.6. The molecule has 1 atom stereocenters. The number of aryl methyl sites for hydroxylation is 1. The van der Waals surface area contributed by atoms with Gasteiger partial charge in [-0.2, -0.15) is 13.2 Å². The summed E-state index contributed by atoms with van der Waals surface area (Å²) >= 11 is 0. The Morgan fingerprint density at radius 3 is 2.69 bits per heavy atom. The summed E-state index contributed by atoms with van der Waals surface area (Å²) in [5.74, 6) is 6.60. The van der Waals surface area contributed by atoms with E-state index in [1.54, 1.807) is 32.5 Å². The van der Waals surface area contributed by atoms with Crippen molar-refractivity contribution in [1.82, 2.24) is 25.3 Å². The quantitative estimate of drug-likeness (QED) is 0.116. The third-order valence-electron chi connectivity index (χ3n) is 8.80. The Balaban J connectivity index is 1.44. The smallest absolute Gasteiger partial charge is 0.387 e. The Bertz CT molecular complexity index is 1740. The van der Waals surface area contributed by atoms with E-state index in [0.717, 1.165) is 53.3 Å². The van der Waals surface area contributed by atoms with Gasteiger partial charge in [0.15, 0.2) is 0 Å². The molecule has 2 aliphatic rings. The summed E-state index contributed by atoms with van der Waals surface area (Å²) in [4.78, 5) is 10.3. The molecule has 1 fully saturated rings. The molecule has 0 aromatic heterocycles. The van der Waals surface area contributed by atoms with Crippen LogP contribution in [0.1, 0.15) is 41.2 Å². The van der Waals surface area contributed by atoms with Crippen molar-refractivity contribution < 1.29 is 17.9 Å². The van der Waals surface area contributed by atoms with Crippen LogP contribution < -0.4 is 16.0 Å². The molecule has 272 valence electrons. The minimum atomic E-state index is -4.45. The van der Waals surface area contributed by atoms with E-state index in [1.165, 1.54) is 6.07 Å². The fourth-order valence-corrected chi connectivity index (χ4v) is 5.85. The summed E-state index contributed by atoms with van der Waals surface area (Å²) in [5.41, 5.74) is 5.85.